The topological polar surface area (TPSA) is 58.8 Å². The fourth-order valence-electron chi connectivity index (χ4n) is 1.78. The van der Waals surface area contributed by atoms with E-state index in [-0.39, 0.29) is 0 Å². The first kappa shape index (κ1) is 12.9. The van der Waals surface area contributed by atoms with Crippen molar-refractivity contribution in [1.82, 2.24) is 9.38 Å². The third-order valence-electron chi connectivity index (χ3n) is 2.92. The summed E-state index contributed by atoms with van der Waals surface area (Å²) in [4.78, 5) is 4.21. The van der Waals surface area contributed by atoms with Crippen molar-refractivity contribution in [3.8, 4) is 0 Å². The molecule has 0 radical (unpaired) electrons. The number of pyridine rings is 1. The van der Waals surface area contributed by atoms with Crippen molar-refractivity contribution < 1.29 is 9.84 Å². The van der Waals surface area contributed by atoms with E-state index in [1.165, 1.54) is 0 Å². The Balaban J connectivity index is 2.03. The number of nitrogens with zero attached hydrogens (tertiary/aromatic N) is 2. The van der Waals surface area contributed by atoms with Gasteiger partial charge in [0.2, 0.25) is 0 Å². The number of hydrogen-bond donors (Lipinski definition) is 2. The van der Waals surface area contributed by atoms with E-state index < -0.39 is 5.60 Å². The normalized spacial score (nSPS) is 14.6. The second-order valence-corrected chi connectivity index (χ2v) is 4.66. The van der Waals surface area contributed by atoms with E-state index in [2.05, 4.69) is 10.3 Å². The van der Waals surface area contributed by atoms with Crippen LogP contribution < -0.4 is 5.32 Å². The number of methoxy groups -OCH3 is 1. The molecule has 1 unspecified atom stereocenters. The molecule has 2 rings (SSSR count). The van der Waals surface area contributed by atoms with Gasteiger partial charge in [-0.3, -0.25) is 4.40 Å². The number of aliphatic hydroxyl groups is 1. The van der Waals surface area contributed by atoms with Gasteiger partial charge in [0.1, 0.15) is 11.5 Å². The highest BCUT2D eigenvalue weighted by Crippen LogP contribution is 2.14. The Hall–Kier alpha value is -1.59. The first-order valence-electron chi connectivity index (χ1n) is 6.00. The third-order valence-corrected chi connectivity index (χ3v) is 2.92. The van der Waals surface area contributed by atoms with Crippen molar-refractivity contribution in [2.45, 2.75) is 18.9 Å². The summed E-state index contributed by atoms with van der Waals surface area (Å²) < 4.78 is 6.94. The third kappa shape index (κ3) is 3.00. The Kier molecular flexibility index (Phi) is 3.84. The lowest BCUT2D eigenvalue weighted by Crippen LogP contribution is -2.35. The minimum Gasteiger partial charge on any atom is -0.388 e. The average Bonchev–Trinajstić information content (AvgIpc) is 2.82. The summed E-state index contributed by atoms with van der Waals surface area (Å²) in [6, 6.07) is 5.84. The molecule has 2 heterocycles. The van der Waals surface area contributed by atoms with Crippen LogP contribution in [0.3, 0.4) is 0 Å². The summed E-state index contributed by atoms with van der Waals surface area (Å²) in [6.45, 7) is 2.81. The van der Waals surface area contributed by atoms with Crippen molar-refractivity contribution >= 4 is 11.5 Å². The molecule has 0 amide bonds. The Labute approximate surface area is 106 Å². The monoisotopic (exact) mass is 249 g/mol. The molecule has 0 aromatic carbocycles. The van der Waals surface area contributed by atoms with Gasteiger partial charge in [0.15, 0.2) is 0 Å². The van der Waals surface area contributed by atoms with Gasteiger partial charge in [-0.1, -0.05) is 6.07 Å². The molecule has 2 N–H and O–H groups in total. The summed E-state index contributed by atoms with van der Waals surface area (Å²) in [5, 5.41) is 13.4. The molecule has 0 fully saturated rings. The number of hydrogen-bond acceptors (Lipinski definition) is 4. The molecule has 0 aliphatic rings. The van der Waals surface area contributed by atoms with Crippen LogP contribution in [-0.2, 0) is 4.74 Å². The Morgan fingerprint density at radius 2 is 2.33 bits per heavy atom. The van der Waals surface area contributed by atoms with E-state index in [1.54, 1.807) is 20.2 Å². The first-order valence-corrected chi connectivity index (χ1v) is 6.00. The highest BCUT2D eigenvalue weighted by molar-refractivity contribution is 5.49. The van der Waals surface area contributed by atoms with E-state index in [1.807, 2.05) is 28.8 Å². The van der Waals surface area contributed by atoms with Gasteiger partial charge in [-0.15, -0.1) is 0 Å². The molecule has 0 aliphatic heterocycles. The number of aromatic nitrogens is 2. The minimum absolute atomic E-state index is 0.466. The van der Waals surface area contributed by atoms with Crippen molar-refractivity contribution in [3.05, 3.63) is 30.6 Å². The number of imidazole rings is 1. The molecule has 98 valence electrons. The summed E-state index contributed by atoms with van der Waals surface area (Å²) in [5.41, 5.74) is 0.0928. The fourth-order valence-corrected chi connectivity index (χ4v) is 1.78. The summed E-state index contributed by atoms with van der Waals surface area (Å²) in [7, 11) is 1.63. The molecule has 0 saturated heterocycles. The second kappa shape index (κ2) is 5.37. The lowest BCUT2D eigenvalue weighted by Gasteiger charge is -2.24. The zero-order valence-electron chi connectivity index (χ0n) is 10.8. The van der Waals surface area contributed by atoms with Gasteiger partial charge in [0.05, 0.1) is 5.60 Å². The van der Waals surface area contributed by atoms with Gasteiger partial charge >= 0.3 is 0 Å². The summed E-state index contributed by atoms with van der Waals surface area (Å²) in [6.07, 6.45) is 4.24. The zero-order chi connectivity index (χ0) is 13.0. The van der Waals surface area contributed by atoms with Gasteiger partial charge in [0.25, 0.3) is 0 Å². The van der Waals surface area contributed by atoms with Crippen LogP contribution in [0.15, 0.2) is 30.6 Å². The molecule has 5 nitrogen and oxygen atoms in total. The summed E-state index contributed by atoms with van der Waals surface area (Å²) in [5.74, 6) is 0.919. The molecule has 0 aliphatic carbocycles. The van der Waals surface area contributed by atoms with Crippen molar-refractivity contribution in [2.24, 2.45) is 0 Å². The van der Waals surface area contributed by atoms with E-state index in [0.29, 0.717) is 19.6 Å². The number of ether oxygens (including phenoxy) is 1. The van der Waals surface area contributed by atoms with Gasteiger partial charge in [-0.05, 0) is 19.1 Å². The Morgan fingerprint density at radius 3 is 3.11 bits per heavy atom. The second-order valence-electron chi connectivity index (χ2n) is 4.66. The Morgan fingerprint density at radius 1 is 1.50 bits per heavy atom. The number of rotatable bonds is 6. The van der Waals surface area contributed by atoms with E-state index in [4.69, 9.17) is 4.74 Å². The van der Waals surface area contributed by atoms with Crippen LogP contribution in [0, 0.1) is 0 Å². The van der Waals surface area contributed by atoms with Crippen LogP contribution in [0.25, 0.3) is 5.65 Å². The predicted molar refractivity (Wildman–Crippen MR) is 70.8 cm³/mol. The van der Waals surface area contributed by atoms with Crippen molar-refractivity contribution in [2.75, 3.05) is 25.6 Å². The maximum atomic E-state index is 10.2. The molecule has 2 aromatic heterocycles. The minimum atomic E-state index is -0.793. The fraction of sp³-hybridized carbons (Fsp3) is 0.462. The zero-order valence-corrected chi connectivity index (χ0v) is 10.8. The molecule has 1 atom stereocenters. The quantitative estimate of drug-likeness (QED) is 0.815. The lowest BCUT2D eigenvalue weighted by molar-refractivity contribution is 0.0357. The summed E-state index contributed by atoms with van der Waals surface area (Å²) >= 11 is 0. The SMILES string of the molecule is COCCC(C)(O)CNc1cccc2nccn12. The molecular weight excluding hydrogens is 230 g/mol. The molecule has 5 heteroatoms. The van der Waals surface area contributed by atoms with E-state index >= 15 is 0 Å². The maximum absolute atomic E-state index is 10.2. The highest BCUT2D eigenvalue weighted by Gasteiger charge is 2.19. The van der Waals surface area contributed by atoms with E-state index in [0.717, 1.165) is 11.5 Å². The van der Waals surface area contributed by atoms with Crippen molar-refractivity contribution in [3.63, 3.8) is 0 Å². The molecule has 0 bridgehead atoms. The van der Waals surface area contributed by atoms with Gasteiger partial charge in [-0.25, -0.2) is 4.98 Å². The number of fused-ring (bicyclic) bond motifs is 1. The van der Waals surface area contributed by atoms with Crippen LogP contribution in [0.4, 0.5) is 5.82 Å². The average molecular weight is 249 g/mol. The predicted octanol–water partition coefficient (Wildman–Crippen LogP) is 1.53. The standard InChI is InChI=1S/C13H19N3O2/c1-13(17,6-9-18-2)10-15-12-5-3-4-11-14-7-8-16(11)12/h3-5,7-8,15,17H,6,9-10H2,1-2H3. The van der Waals surface area contributed by atoms with Crippen LogP contribution in [-0.4, -0.2) is 40.4 Å². The van der Waals surface area contributed by atoms with E-state index in [9.17, 15) is 5.11 Å². The van der Waals surface area contributed by atoms with Crippen molar-refractivity contribution in [1.29, 1.82) is 0 Å². The first-order chi connectivity index (χ1) is 8.62. The van der Waals surface area contributed by atoms with Gasteiger partial charge in [-0.2, -0.15) is 0 Å². The highest BCUT2D eigenvalue weighted by atomic mass is 16.5. The molecule has 2 aromatic rings. The van der Waals surface area contributed by atoms with Crippen LogP contribution in [0.5, 0.6) is 0 Å². The largest absolute Gasteiger partial charge is 0.388 e. The molecular formula is C13H19N3O2. The van der Waals surface area contributed by atoms with Crippen LogP contribution >= 0.6 is 0 Å². The lowest BCUT2D eigenvalue weighted by atomic mass is 10.0. The van der Waals surface area contributed by atoms with Gasteiger partial charge < -0.3 is 15.2 Å². The smallest absolute Gasteiger partial charge is 0.138 e. The van der Waals surface area contributed by atoms with Crippen LogP contribution in [0.1, 0.15) is 13.3 Å². The van der Waals surface area contributed by atoms with Gasteiger partial charge in [0, 0.05) is 39.1 Å². The molecule has 0 spiro atoms. The maximum Gasteiger partial charge on any atom is 0.138 e. The Bertz CT molecular complexity index is 508. The number of nitrogens with one attached hydrogen (secondary N) is 1. The van der Waals surface area contributed by atoms with Crippen LogP contribution in [0.2, 0.25) is 0 Å². The number of anilines is 1. The molecule has 18 heavy (non-hydrogen) atoms. The molecule has 0 saturated carbocycles.